The summed E-state index contributed by atoms with van der Waals surface area (Å²) >= 11 is 17.6. The van der Waals surface area contributed by atoms with Crippen molar-refractivity contribution in [3.63, 3.8) is 0 Å². The molecule has 0 atom stereocenters. The van der Waals surface area contributed by atoms with Crippen LogP contribution in [0.25, 0.3) is 0 Å². The molecule has 0 radical (unpaired) electrons. The monoisotopic (exact) mass is 345 g/mol. The molecular weight excluding hydrogens is 333 g/mol. The van der Waals surface area contributed by atoms with Gasteiger partial charge in [0, 0.05) is 6.42 Å². The fourth-order valence-corrected chi connectivity index (χ4v) is 2.82. The number of phenols is 1. The number of aryl methyl sites for hydroxylation is 3. The zero-order chi connectivity index (χ0) is 15.7. The summed E-state index contributed by atoms with van der Waals surface area (Å²) in [5.41, 5.74) is 2.80. The van der Waals surface area contributed by atoms with Gasteiger partial charge in [-0.3, -0.25) is 4.79 Å². The molecule has 0 saturated heterocycles. The minimum absolute atomic E-state index is 0.155. The van der Waals surface area contributed by atoms with Crippen molar-refractivity contribution in [2.45, 2.75) is 26.7 Å². The number of aromatic hydroxyl groups is 1. The van der Waals surface area contributed by atoms with Gasteiger partial charge in [-0.15, -0.1) is 0 Å². The van der Waals surface area contributed by atoms with E-state index < -0.39 is 0 Å². The lowest BCUT2D eigenvalue weighted by Gasteiger charge is -2.07. The third-order valence-corrected chi connectivity index (χ3v) is 4.54. The zero-order valence-corrected chi connectivity index (χ0v) is 13.8. The van der Waals surface area contributed by atoms with Crippen molar-refractivity contribution in [1.82, 2.24) is 4.98 Å². The predicted molar refractivity (Wildman–Crippen MR) is 86.1 cm³/mol. The van der Waals surface area contributed by atoms with Crippen LogP contribution in [0, 0.1) is 13.8 Å². The van der Waals surface area contributed by atoms with Crippen molar-refractivity contribution >= 4 is 40.6 Å². The van der Waals surface area contributed by atoms with E-state index in [1.165, 1.54) is 0 Å². The van der Waals surface area contributed by atoms with Gasteiger partial charge in [0.2, 0.25) is 0 Å². The van der Waals surface area contributed by atoms with Crippen molar-refractivity contribution in [1.29, 1.82) is 0 Å². The topological polar surface area (TPSA) is 53.1 Å². The lowest BCUT2D eigenvalue weighted by molar-refractivity contribution is 0.0979. The number of carbonyl (C=O) groups excluding carboxylic acids is 1. The molecule has 2 aromatic rings. The maximum absolute atomic E-state index is 12.2. The first-order valence-corrected chi connectivity index (χ1v) is 7.49. The molecule has 21 heavy (non-hydrogen) atoms. The Morgan fingerprint density at radius 1 is 1.14 bits per heavy atom. The zero-order valence-electron chi connectivity index (χ0n) is 11.6. The number of nitrogens with one attached hydrogen (secondary N) is 1. The molecule has 1 aromatic heterocycles. The highest BCUT2D eigenvalue weighted by atomic mass is 35.5. The number of aromatic amines is 1. The maximum atomic E-state index is 12.2. The fraction of sp³-hybridized carbons (Fsp3) is 0.267. The Balaban J connectivity index is 2.13. The number of Topliss-reactive ketones (excluding diaryl/α,β-unsaturated/α-hetero) is 1. The summed E-state index contributed by atoms with van der Waals surface area (Å²) in [6.07, 6.45) is 0.821. The predicted octanol–water partition coefficient (Wildman–Crippen LogP) is 5.11. The minimum atomic E-state index is -0.155. The number of halogens is 3. The van der Waals surface area contributed by atoms with Gasteiger partial charge >= 0.3 is 0 Å². The smallest absolute Gasteiger partial charge is 0.180 e. The van der Waals surface area contributed by atoms with Crippen molar-refractivity contribution in [2.24, 2.45) is 0 Å². The van der Waals surface area contributed by atoms with Gasteiger partial charge in [-0.25, -0.2) is 0 Å². The second-order valence-electron chi connectivity index (χ2n) is 4.94. The summed E-state index contributed by atoms with van der Waals surface area (Å²) in [6, 6.07) is 3.73. The van der Waals surface area contributed by atoms with Crippen LogP contribution < -0.4 is 0 Å². The standard InChI is InChI=1S/C15H14Cl3NO2/c1-7-5-9(6-8(2)14(7)21)3-4-10(20)13-11(16)12(17)15(18)19-13/h5-6,19,21H,3-4H2,1-2H3. The van der Waals surface area contributed by atoms with Crippen molar-refractivity contribution in [3.05, 3.63) is 49.7 Å². The van der Waals surface area contributed by atoms with Gasteiger partial charge < -0.3 is 10.1 Å². The fourth-order valence-electron chi connectivity index (χ4n) is 2.19. The number of hydrogen-bond acceptors (Lipinski definition) is 2. The molecule has 0 amide bonds. The molecule has 0 fully saturated rings. The summed E-state index contributed by atoms with van der Waals surface area (Å²) in [5.74, 6) is 0.133. The molecule has 2 rings (SSSR count). The van der Waals surface area contributed by atoms with E-state index in [2.05, 4.69) is 4.98 Å². The van der Waals surface area contributed by atoms with Crippen molar-refractivity contribution < 1.29 is 9.90 Å². The van der Waals surface area contributed by atoms with E-state index in [-0.39, 0.29) is 38.8 Å². The number of rotatable bonds is 4. The first-order valence-electron chi connectivity index (χ1n) is 6.36. The molecule has 0 aliphatic carbocycles. The Morgan fingerprint density at radius 3 is 2.19 bits per heavy atom. The summed E-state index contributed by atoms with van der Waals surface area (Å²) < 4.78 is 0. The average molecular weight is 347 g/mol. The molecule has 112 valence electrons. The number of phenolic OH excluding ortho intramolecular Hbond substituents is 1. The minimum Gasteiger partial charge on any atom is -0.507 e. The molecule has 6 heteroatoms. The van der Waals surface area contributed by atoms with Gasteiger partial charge in [0.05, 0.1) is 10.0 Å². The highest BCUT2D eigenvalue weighted by Gasteiger charge is 2.18. The van der Waals surface area contributed by atoms with Crippen molar-refractivity contribution in [3.8, 4) is 5.75 Å². The van der Waals surface area contributed by atoms with Crippen LogP contribution in [0.15, 0.2) is 12.1 Å². The summed E-state index contributed by atoms with van der Waals surface area (Å²) in [7, 11) is 0. The van der Waals surface area contributed by atoms with Gasteiger partial charge in [0.1, 0.15) is 16.6 Å². The van der Waals surface area contributed by atoms with E-state index in [1.807, 2.05) is 26.0 Å². The van der Waals surface area contributed by atoms with E-state index in [0.717, 1.165) is 16.7 Å². The highest BCUT2D eigenvalue weighted by molar-refractivity contribution is 6.49. The summed E-state index contributed by atoms with van der Waals surface area (Å²) in [4.78, 5) is 14.9. The third-order valence-electron chi connectivity index (χ3n) is 3.31. The Kier molecular flexibility index (Phi) is 4.87. The lowest BCUT2D eigenvalue weighted by atomic mass is 10.0. The van der Waals surface area contributed by atoms with Crippen LogP contribution in [0.4, 0.5) is 0 Å². The van der Waals surface area contributed by atoms with Crippen molar-refractivity contribution in [2.75, 3.05) is 0 Å². The second kappa shape index (κ2) is 6.30. The summed E-state index contributed by atoms with van der Waals surface area (Å²) in [5, 5.41) is 10.2. The van der Waals surface area contributed by atoms with E-state index >= 15 is 0 Å². The normalized spacial score (nSPS) is 10.9. The Hall–Kier alpha value is -1.16. The van der Waals surface area contributed by atoms with Crippen LogP contribution in [0.2, 0.25) is 15.2 Å². The largest absolute Gasteiger partial charge is 0.507 e. The number of benzene rings is 1. The van der Waals surface area contributed by atoms with E-state index in [9.17, 15) is 9.90 Å². The number of H-pyrrole nitrogens is 1. The van der Waals surface area contributed by atoms with Crippen LogP contribution in [0.1, 0.15) is 33.6 Å². The maximum Gasteiger partial charge on any atom is 0.180 e. The third kappa shape index (κ3) is 3.37. The quantitative estimate of drug-likeness (QED) is 0.756. The second-order valence-corrected chi connectivity index (χ2v) is 6.08. The molecule has 2 N–H and O–H groups in total. The molecule has 0 saturated carbocycles. The SMILES string of the molecule is Cc1cc(CCC(=O)c2[nH]c(Cl)c(Cl)c2Cl)cc(C)c1O. The highest BCUT2D eigenvalue weighted by Crippen LogP contribution is 2.33. The van der Waals surface area contributed by atoms with E-state index in [1.54, 1.807) is 0 Å². The first kappa shape index (κ1) is 16.2. The average Bonchev–Trinajstić information content (AvgIpc) is 2.69. The van der Waals surface area contributed by atoms with Crippen LogP contribution in [-0.4, -0.2) is 15.9 Å². The summed E-state index contributed by atoms with van der Waals surface area (Å²) in [6.45, 7) is 3.66. The number of carbonyl (C=O) groups is 1. The van der Waals surface area contributed by atoms with E-state index in [0.29, 0.717) is 6.42 Å². The van der Waals surface area contributed by atoms with Gasteiger partial charge in [-0.1, -0.05) is 46.9 Å². The van der Waals surface area contributed by atoms with Crippen LogP contribution in [0.5, 0.6) is 5.75 Å². The molecule has 1 heterocycles. The lowest BCUT2D eigenvalue weighted by Crippen LogP contribution is -2.03. The number of hydrogen-bond donors (Lipinski definition) is 2. The Bertz CT molecular complexity index is 684. The molecule has 1 aromatic carbocycles. The molecule has 0 spiro atoms. The molecule has 3 nitrogen and oxygen atoms in total. The molecule has 0 aliphatic heterocycles. The van der Waals surface area contributed by atoms with Gasteiger partial charge in [-0.05, 0) is 37.0 Å². The molecule has 0 unspecified atom stereocenters. The number of aromatic nitrogens is 1. The molecule has 0 aliphatic rings. The molecular formula is C15H14Cl3NO2. The van der Waals surface area contributed by atoms with Crippen LogP contribution in [0.3, 0.4) is 0 Å². The first-order chi connectivity index (χ1) is 9.81. The van der Waals surface area contributed by atoms with Crippen LogP contribution in [-0.2, 0) is 6.42 Å². The number of ketones is 1. The van der Waals surface area contributed by atoms with E-state index in [4.69, 9.17) is 34.8 Å². The van der Waals surface area contributed by atoms with Gasteiger partial charge in [0.25, 0.3) is 0 Å². The Labute approximate surface area is 137 Å². The van der Waals surface area contributed by atoms with Gasteiger partial charge in [0.15, 0.2) is 5.78 Å². The Morgan fingerprint density at radius 2 is 1.71 bits per heavy atom. The van der Waals surface area contributed by atoms with Gasteiger partial charge in [-0.2, -0.15) is 0 Å². The van der Waals surface area contributed by atoms with Crippen LogP contribution >= 0.6 is 34.8 Å². The molecule has 0 bridgehead atoms.